The Labute approximate surface area is 195 Å². The van der Waals surface area contributed by atoms with Gasteiger partial charge in [0.1, 0.15) is 11.6 Å². The number of benzene rings is 1. The van der Waals surface area contributed by atoms with E-state index in [0.717, 1.165) is 5.56 Å². The maximum Gasteiger partial charge on any atom is 0.217 e. The highest BCUT2D eigenvalue weighted by Gasteiger charge is 2.32. The number of aromatic amines is 1. The standard InChI is InChI=1S/C24H24FN7O2/c1-24(27)12-33-23(34-13-24)22-31-19(15-2-4-16(25)5-3-15)20(32-22)17-8-11-29-21(30-17)18(26)14-6-9-28-10-7-14/h2-11,18,23H,12-13,26-27H2,1H3,(H,31,32). The van der Waals surface area contributed by atoms with Crippen LogP contribution in [0.25, 0.3) is 22.6 Å². The van der Waals surface area contributed by atoms with Gasteiger partial charge in [-0.25, -0.2) is 19.3 Å². The second-order valence-electron chi connectivity index (χ2n) is 8.52. The molecule has 0 bridgehead atoms. The normalized spacial score (nSPS) is 21.4. The van der Waals surface area contributed by atoms with Crippen LogP contribution in [0.4, 0.5) is 4.39 Å². The Hall–Kier alpha value is -3.57. The lowest BCUT2D eigenvalue weighted by Gasteiger charge is -2.33. The first-order valence-electron chi connectivity index (χ1n) is 10.8. The van der Waals surface area contributed by atoms with E-state index >= 15 is 0 Å². The van der Waals surface area contributed by atoms with Gasteiger partial charge in [0.25, 0.3) is 0 Å². The van der Waals surface area contributed by atoms with Crippen LogP contribution in [0, 0.1) is 5.82 Å². The maximum atomic E-state index is 13.6. The zero-order valence-electron chi connectivity index (χ0n) is 18.5. The summed E-state index contributed by atoms with van der Waals surface area (Å²) in [5.74, 6) is 0.562. The van der Waals surface area contributed by atoms with Crippen LogP contribution in [-0.2, 0) is 9.47 Å². The number of hydrogen-bond donors (Lipinski definition) is 3. The Morgan fingerprint density at radius 1 is 1.03 bits per heavy atom. The van der Waals surface area contributed by atoms with Crippen LogP contribution in [0.1, 0.15) is 36.5 Å². The van der Waals surface area contributed by atoms with E-state index in [1.807, 2.05) is 19.1 Å². The highest BCUT2D eigenvalue weighted by atomic mass is 19.1. The van der Waals surface area contributed by atoms with Crippen molar-refractivity contribution in [2.75, 3.05) is 13.2 Å². The number of aromatic nitrogens is 5. The summed E-state index contributed by atoms with van der Waals surface area (Å²) in [4.78, 5) is 21.1. The highest BCUT2D eigenvalue weighted by Crippen LogP contribution is 2.33. The molecule has 1 atom stereocenters. The molecule has 1 fully saturated rings. The quantitative estimate of drug-likeness (QED) is 0.412. The number of nitrogens with zero attached hydrogens (tertiary/aromatic N) is 4. The Morgan fingerprint density at radius 2 is 1.74 bits per heavy atom. The lowest BCUT2D eigenvalue weighted by molar-refractivity contribution is -0.211. The molecule has 0 aliphatic carbocycles. The fourth-order valence-electron chi connectivity index (χ4n) is 3.67. The molecule has 1 aliphatic heterocycles. The molecule has 1 aliphatic rings. The monoisotopic (exact) mass is 461 g/mol. The minimum Gasteiger partial charge on any atom is -0.344 e. The molecule has 34 heavy (non-hydrogen) atoms. The molecule has 0 spiro atoms. The van der Waals surface area contributed by atoms with Gasteiger partial charge in [0.2, 0.25) is 6.29 Å². The predicted molar refractivity (Wildman–Crippen MR) is 123 cm³/mol. The molecule has 5 N–H and O–H groups in total. The van der Waals surface area contributed by atoms with Gasteiger partial charge in [-0.1, -0.05) is 0 Å². The number of halogens is 1. The summed E-state index contributed by atoms with van der Waals surface area (Å²) < 4.78 is 25.2. The fourth-order valence-corrected chi connectivity index (χ4v) is 3.67. The molecule has 10 heteroatoms. The minimum absolute atomic E-state index is 0.317. The topological polar surface area (TPSA) is 138 Å². The molecule has 174 valence electrons. The second-order valence-corrected chi connectivity index (χ2v) is 8.52. The van der Waals surface area contributed by atoms with Crippen molar-refractivity contribution >= 4 is 0 Å². The van der Waals surface area contributed by atoms with Crippen molar-refractivity contribution in [3.05, 3.63) is 84.1 Å². The van der Waals surface area contributed by atoms with Gasteiger partial charge in [-0.3, -0.25) is 4.98 Å². The Kier molecular flexibility index (Phi) is 5.88. The molecule has 1 saturated heterocycles. The van der Waals surface area contributed by atoms with E-state index in [4.69, 9.17) is 30.9 Å². The third-order valence-corrected chi connectivity index (χ3v) is 5.47. The summed E-state index contributed by atoms with van der Waals surface area (Å²) in [6, 6.07) is 10.9. The zero-order chi connectivity index (χ0) is 23.7. The molecular weight excluding hydrogens is 437 g/mol. The van der Waals surface area contributed by atoms with Crippen molar-refractivity contribution < 1.29 is 13.9 Å². The van der Waals surface area contributed by atoms with E-state index in [9.17, 15) is 4.39 Å². The number of hydrogen-bond acceptors (Lipinski definition) is 8. The van der Waals surface area contributed by atoms with E-state index in [-0.39, 0.29) is 5.82 Å². The molecular formula is C24H24FN7O2. The fraction of sp³-hybridized carbons (Fsp3) is 0.250. The minimum atomic E-state index is -0.718. The van der Waals surface area contributed by atoms with Crippen LogP contribution in [0.15, 0.2) is 61.1 Å². The third-order valence-electron chi connectivity index (χ3n) is 5.47. The van der Waals surface area contributed by atoms with Gasteiger partial charge in [0.15, 0.2) is 5.82 Å². The van der Waals surface area contributed by atoms with Gasteiger partial charge in [-0.05, 0) is 55.0 Å². The SMILES string of the molecule is CC1(N)COC(c2nc(-c3ccc(F)cc3)c(-c3ccnc(C(N)c4ccncc4)n3)[nH]2)OC1. The first kappa shape index (κ1) is 22.2. The van der Waals surface area contributed by atoms with Crippen molar-refractivity contribution in [3.63, 3.8) is 0 Å². The molecule has 0 saturated carbocycles. The summed E-state index contributed by atoms with van der Waals surface area (Å²) in [6.45, 7) is 2.49. The van der Waals surface area contributed by atoms with Gasteiger partial charge in [-0.2, -0.15) is 0 Å². The van der Waals surface area contributed by atoms with Gasteiger partial charge in [-0.15, -0.1) is 0 Å². The van der Waals surface area contributed by atoms with Crippen LogP contribution >= 0.6 is 0 Å². The lowest BCUT2D eigenvalue weighted by Crippen LogP contribution is -2.50. The molecule has 9 nitrogen and oxygen atoms in total. The lowest BCUT2D eigenvalue weighted by atomic mass is 10.1. The average Bonchev–Trinajstić information content (AvgIpc) is 3.30. The molecule has 4 aromatic rings. The zero-order valence-corrected chi connectivity index (χ0v) is 18.5. The van der Waals surface area contributed by atoms with Crippen LogP contribution in [0.5, 0.6) is 0 Å². The van der Waals surface area contributed by atoms with Gasteiger partial charge >= 0.3 is 0 Å². The van der Waals surface area contributed by atoms with E-state index in [1.165, 1.54) is 12.1 Å². The number of nitrogens with one attached hydrogen (secondary N) is 1. The molecule has 3 aromatic heterocycles. The van der Waals surface area contributed by atoms with Crippen molar-refractivity contribution in [1.82, 2.24) is 24.9 Å². The maximum absolute atomic E-state index is 13.6. The highest BCUT2D eigenvalue weighted by molar-refractivity contribution is 5.76. The predicted octanol–water partition coefficient (Wildman–Crippen LogP) is 2.88. The first-order valence-corrected chi connectivity index (χ1v) is 10.8. The summed E-state index contributed by atoms with van der Waals surface area (Å²) in [7, 11) is 0. The van der Waals surface area contributed by atoms with Crippen molar-refractivity contribution in [3.8, 4) is 22.6 Å². The van der Waals surface area contributed by atoms with Gasteiger partial charge in [0, 0.05) is 24.2 Å². The second kappa shape index (κ2) is 8.99. The largest absolute Gasteiger partial charge is 0.344 e. The van der Waals surface area contributed by atoms with E-state index in [0.29, 0.717) is 47.5 Å². The van der Waals surface area contributed by atoms with Crippen molar-refractivity contribution in [2.24, 2.45) is 11.5 Å². The third kappa shape index (κ3) is 4.57. The Balaban J connectivity index is 1.55. The number of pyridine rings is 1. The number of ether oxygens (including phenoxy) is 2. The number of imidazole rings is 1. The van der Waals surface area contributed by atoms with Crippen molar-refractivity contribution in [1.29, 1.82) is 0 Å². The summed E-state index contributed by atoms with van der Waals surface area (Å²) in [5, 5.41) is 0. The van der Waals surface area contributed by atoms with Crippen molar-refractivity contribution in [2.45, 2.75) is 24.8 Å². The van der Waals surface area contributed by atoms with Gasteiger partial charge in [0.05, 0.1) is 41.9 Å². The van der Waals surface area contributed by atoms with E-state index in [2.05, 4.69) is 15.0 Å². The first-order chi connectivity index (χ1) is 16.4. The number of H-pyrrole nitrogens is 1. The van der Waals surface area contributed by atoms with Crippen LogP contribution in [-0.4, -0.2) is 43.7 Å². The van der Waals surface area contributed by atoms with Gasteiger partial charge < -0.3 is 25.9 Å². The molecule has 1 unspecified atom stereocenters. The Bertz CT molecular complexity index is 1270. The summed E-state index contributed by atoms with van der Waals surface area (Å²) in [6.07, 6.45) is 4.26. The number of rotatable bonds is 5. The van der Waals surface area contributed by atoms with Crippen LogP contribution in [0.3, 0.4) is 0 Å². The van der Waals surface area contributed by atoms with Crippen LogP contribution < -0.4 is 11.5 Å². The summed E-state index contributed by atoms with van der Waals surface area (Å²) in [5.41, 5.74) is 15.2. The summed E-state index contributed by atoms with van der Waals surface area (Å²) >= 11 is 0. The molecule has 0 amide bonds. The molecule has 0 radical (unpaired) electrons. The smallest absolute Gasteiger partial charge is 0.217 e. The van der Waals surface area contributed by atoms with E-state index in [1.54, 1.807) is 36.8 Å². The molecule has 1 aromatic carbocycles. The molecule has 5 rings (SSSR count). The van der Waals surface area contributed by atoms with Crippen LogP contribution in [0.2, 0.25) is 0 Å². The van der Waals surface area contributed by atoms with E-state index < -0.39 is 17.9 Å². The average molecular weight is 462 g/mol. The number of nitrogens with two attached hydrogens (primary N) is 2. The molecule has 4 heterocycles. The Morgan fingerprint density at radius 3 is 2.44 bits per heavy atom.